The number of hydrogen-bond donors (Lipinski definition) is 1. The fraction of sp³-hybridized carbons (Fsp3) is 0.500. The molecular weight excluding hydrogens is 232 g/mol. The summed E-state index contributed by atoms with van der Waals surface area (Å²) in [7, 11) is 0. The normalized spacial score (nSPS) is 19.3. The lowest BCUT2D eigenvalue weighted by Crippen LogP contribution is -2.33. The van der Waals surface area contributed by atoms with E-state index in [-0.39, 0.29) is 5.56 Å². The van der Waals surface area contributed by atoms with Gasteiger partial charge in [-0.15, -0.1) is 0 Å². The maximum absolute atomic E-state index is 12.5. The summed E-state index contributed by atoms with van der Waals surface area (Å²) in [5.41, 5.74) is 6.57. The van der Waals surface area contributed by atoms with Crippen LogP contribution in [0.3, 0.4) is 0 Å². The lowest BCUT2D eigenvalue weighted by Gasteiger charge is -2.25. The van der Waals surface area contributed by atoms with Gasteiger partial charge in [0.1, 0.15) is 0 Å². The standard InChI is InChI=1S/C12H14ClF2N/c13-10-7-8(11(14)15)3-4-9(10)12(16)5-1-2-6-12/h3-4,7,11H,1-2,5-6,16H2. The van der Waals surface area contributed by atoms with E-state index in [1.54, 1.807) is 6.07 Å². The van der Waals surface area contributed by atoms with Crippen molar-refractivity contribution in [2.24, 2.45) is 5.73 Å². The maximum atomic E-state index is 12.5. The molecule has 88 valence electrons. The molecule has 1 saturated carbocycles. The van der Waals surface area contributed by atoms with Crippen LogP contribution in [-0.4, -0.2) is 0 Å². The third kappa shape index (κ3) is 2.06. The van der Waals surface area contributed by atoms with E-state index < -0.39 is 12.0 Å². The van der Waals surface area contributed by atoms with Gasteiger partial charge in [-0.2, -0.15) is 0 Å². The Hall–Kier alpha value is -0.670. The van der Waals surface area contributed by atoms with Gasteiger partial charge in [0.25, 0.3) is 6.43 Å². The Morgan fingerprint density at radius 2 is 1.88 bits per heavy atom. The summed E-state index contributed by atoms with van der Waals surface area (Å²) in [6.07, 6.45) is 1.41. The predicted molar refractivity (Wildman–Crippen MR) is 60.7 cm³/mol. The molecule has 0 saturated heterocycles. The van der Waals surface area contributed by atoms with E-state index in [0.29, 0.717) is 5.02 Å². The third-order valence-corrected chi connectivity index (χ3v) is 3.59. The van der Waals surface area contributed by atoms with Gasteiger partial charge in [-0.1, -0.05) is 36.6 Å². The number of benzene rings is 1. The third-order valence-electron chi connectivity index (χ3n) is 3.28. The van der Waals surface area contributed by atoms with E-state index in [0.717, 1.165) is 31.2 Å². The van der Waals surface area contributed by atoms with Crippen LogP contribution in [0, 0.1) is 0 Å². The highest BCUT2D eigenvalue weighted by Crippen LogP contribution is 2.40. The van der Waals surface area contributed by atoms with Crippen LogP contribution in [0.15, 0.2) is 18.2 Å². The maximum Gasteiger partial charge on any atom is 0.263 e. The van der Waals surface area contributed by atoms with Crippen molar-refractivity contribution in [3.05, 3.63) is 34.3 Å². The quantitative estimate of drug-likeness (QED) is 0.837. The van der Waals surface area contributed by atoms with E-state index in [4.69, 9.17) is 17.3 Å². The molecular formula is C12H14ClF2N. The first-order chi connectivity index (χ1) is 7.53. The van der Waals surface area contributed by atoms with Crippen LogP contribution >= 0.6 is 11.6 Å². The zero-order valence-electron chi connectivity index (χ0n) is 8.85. The van der Waals surface area contributed by atoms with Crippen molar-refractivity contribution in [2.75, 3.05) is 0 Å². The van der Waals surface area contributed by atoms with Gasteiger partial charge >= 0.3 is 0 Å². The van der Waals surface area contributed by atoms with E-state index in [1.807, 2.05) is 0 Å². The fourth-order valence-electron chi connectivity index (χ4n) is 2.35. The minimum absolute atomic E-state index is 0.0460. The highest BCUT2D eigenvalue weighted by molar-refractivity contribution is 6.31. The largest absolute Gasteiger partial charge is 0.321 e. The first-order valence-electron chi connectivity index (χ1n) is 5.40. The zero-order valence-corrected chi connectivity index (χ0v) is 9.61. The molecule has 1 aromatic carbocycles. The fourth-order valence-corrected chi connectivity index (χ4v) is 2.72. The lowest BCUT2D eigenvalue weighted by molar-refractivity contribution is 0.151. The van der Waals surface area contributed by atoms with Crippen molar-refractivity contribution in [3.8, 4) is 0 Å². The number of halogens is 3. The van der Waals surface area contributed by atoms with E-state index in [2.05, 4.69) is 0 Å². The molecule has 0 spiro atoms. The van der Waals surface area contributed by atoms with Gasteiger partial charge in [0.2, 0.25) is 0 Å². The molecule has 0 aromatic heterocycles. The Morgan fingerprint density at radius 3 is 2.38 bits per heavy atom. The smallest absolute Gasteiger partial charge is 0.263 e. The van der Waals surface area contributed by atoms with Crippen LogP contribution in [-0.2, 0) is 5.54 Å². The second-order valence-electron chi connectivity index (χ2n) is 4.40. The van der Waals surface area contributed by atoms with Crippen LogP contribution in [0.1, 0.15) is 43.2 Å². The molecule has 16 heavy (non-hydrogen) atoms. The Balaban J connectivity index is 2.35. The summed E-state index contributed by atoms with van der Waals surface area (Å²) < 4.78 is 24.9. The molecule has 1 aliphatic carbocycles. The van der Waals surface area contributed by atoms with Crippen LogP contribution in [0.25, 0.3) is 0 Å². The molecule has 0 aliphatic heterocycles. The van der Waals surface area contributed by atoms with Gasteiger partial charge in [-0.25, -0.2) is 8.78 Å². The number of alkyl halides is 2. The Kier molecular flexibility index (Phi) is 3.17. The topological polar surface area (TPSA) is 26.0 Å². The van der Waals surface area contributed by atoms with Crippen molar-refractivity contribution < 1.29 is 8.78 Å². The van der Waals surface area contributed by atoms with Gasteiger partial charge in [-0.05, 0) is 24.5 Å². The van der Waals surface area contributed by atoms with Gasteiger partial charge in [0.05, 0.1) is 0 Å². The summed E-state index contributed by atoms with van der Waals surface area (Å²) in [6.45, 7) is 0. The van der Waals surface area contributed by atoms with Gasteiger partial charge in [0.15, 0.2) is 0 Å². The molecule has 0 amide bonds. The molecule has 1 nitrogen and oxygen atoms in total. The first-order valence-corrected chi connectivity index (χ1v) is 5.78. The molecule has 2 N–H and O–H groups in total. The van der Waals surface area contributed by atoms with Crippen LogP contribution in [0.4, 0.5) is 8.78 Å². The van der Waals surface area contributed by atoms with Crippen molar-refractivity contribution in [2.45, 2.75) is 37.6 Å². The van der Waals surface area contributed by atoms with E-state index in [9.17, 15) is 8.78 Å². The molecule has 0 radical (unpaired) electrons. The summed E-state index contributed by atoms with van der Waals surface area (Å²) in [6, 6.07) is 4.39. The monoisotopic (exact) mass is 245 g/mol. The lowest BCUT2D eigenvalue weighted by atomic mass is 9.89. The van der Waals surface area contributed by atoms with Crippen LogP contribution < -0.4 is 5.73 Å². The highest BCUT2D eigenvalue weighted by atomic mass is 35.5. The molecule has 0 heterocycles. The minimum atomic E-state index is -2.48. The molecule has 2 rings (SSSR count). The van der Waals surface area contributed by atoms with Crippen LogP contribution in [0.5, 0.6) is 0 Å². The van der Waals surface area contributed by atoms with Crippen molar-refractivity contribution in [3.63, 3.8) is 0 Å². The second kappa shape index (κ2) is 4.30. The summed E-state index contributed by atoms with van der Waals surface area (Å²) in [4.78, 5) is 0. The molecule has 4 heteroatoms. The Labute approximate surface area is 98.6 Å². The number of hydrogen-bond acceptors (Lipinski definition) is 1. The average Bonchev–Trinajstić information content (AvgIpc) is 2.65. The number of nitrogens with two attached hydrogens (primary N) is 1. The first kappa shape index (κ1) is 11.8. The number of rotatable bonds is 2. The molecule has 0 unspecified atom stereocenters. The van der Waals surface area contributed by atoms with Gasteiger partial charge in [-0.3, -0.25) is 0 Å². The van der Waals surface area contributed by atoms with E-state index in [1.165, 1.54) is 12.1 Å². The SMILES string of the molecule is NC1(c2ccc(C(F)F)cc2Cl)CCCC1. The van der Waals surface area contributed by atoms with E-state index >= 15 is 0 Å². The molecule has 1 fully saturated rings. The highest BCUT2D eigenvalue weighted by Gasteiger charge is 2.33. The molecule has 1 aromatic rings. The van der Waals surface area contributed by atoms with Gasteiger partial charge < -0.3 is 5.73 Å². The summed E-state index contributed by atoms with van der Waals surface area (Å²) in [5, 5.41) is 0.363. The van der Waals surface area contributed by atoms with Crippen molar-refractivity contribution in [1.82, 2.24) is 0 Å². The Bertz CT molecular complexity index is 387. The predicted octanol–water partition coefficient (Wildman–Crippen LogP) is 4.01. The molecule has 0 atom stereocenters. The second-order valence-corrected chi connectivity index (χ2v) is 4.81. The summed E-state index contributed by atoms with van der Waals surface area (Å²) in [5.74, 6) is 0. The average molecular weight is 246 g/mol. The van der Waals surface area contributed by atoms with Gasteiger partial charge in [0, 0.05) is 16.1 Å². The summed E-state index contributed by atoms with van der Waals surface area (Å²) >= 11 is 6.03. The minimum Gasteiger partial charge on any atom is -0.321 e. The molecule has 1 aliphatic rings. The molecule has 0 bridgehead atoms. The van der Waals surface area contributed by atoms with Crippen LogP contribution in [0.2, 0.25) is 5.02 Å². The van der Waals surface area contributed by atoms with Crippen molar-refractivity contribution >= 4 is 11.6 Å². The zero-order chi connectivity index (χ0) is 11.8. The Morgan fingerprint density at radius 1 is 1.25 bits per heavy atom. The van der Waals surface area contributed by atoms with Crippen molar-refractivity contribution in [1.29, 1.82) is 0 Å².